The fourth-order valence-corrected chi connectivity index (χ4v) is 2.91. The average molecular weight is 382 g/mol. The predicted octanol–water partition coefficient (Wildman–Crippen LogP) is 3.20. The van der Waals surface area contributed by atoms with Crippen LogP contribution in [0.5, 0.6) is 0 Å². The molecule has 2 N–H and O–H groups in total. The van der Waals surface area contributed by atoms with Gasteiger partial charge in [-0.15, -0.1) is 0 Å². The van der Waals surface area contributed by atoms with Crippen LogP contribution in [0.4, 0.5) is 20.2 Å². The number of halogens is 2. The highest BCUT2D eigenvalue weighted by atomic mass is 32.2. The first-order valence-electron chi connectivity index (χ1n) is 7.43. The Labute approximate surface area is 149 Å². The molecule has 138 valence electrons. The van der Waals surface area contributed by atoms with Gasteiger partial charge >= 0.3 is 5.76 Å². The summed E-state index contributed by atoms with van der Waals surface area (Å²) in [5.74, 6) is -4.33. The summed E-state index contributed by atoms with van der Waals surface area (Å²) in [6, 6.07) is 9.17. The maximum Gasteiger partial charge on any atom is 0.341 e. The second-order valence-corrected chi connectivity index (χ2v) is 7.36. The van der Waals surface area contributed by atoms with E-state index in [1.807, 2.05) is 0 Å². The van der Waals surface area contributed by atoms with E-state index in [-0.39, 0.29) is 11.5 Å². The van der Waals surface area contributed by atoms with E-state index in [1.54, 1.807) is 25.1 Å². The second-order valence-electron chi connectivity index (χ2n) is 5.44. The maximum absolute atomic E-state index is 12.5. The third-order valence-corrected chi connectivity index (χ3v) is 4.97. The number of carbonyl (C=O) groups excluding carboxylic acids is 2. The number of anilines is 2. The SMILES string of the molecule is CC(=O)Nc1cccc(NC(=O)c2ccc(S(=O)(=O)C(F)F)cc2)c1C. The molecule has 6 nitrogen and oxygen atoms in total. The first kappa shape index (κ1) is 19.5. The Morgan fingerprint density at radius 1 is 0.962 bits per heavy atom. The van der Waals surface area contributed by atoms with Gasteiger partial charge in [0.15, 0.2) is 0 Å². The van der Waals surface area contributed by atoms with Crippen LogP contribution in [0.2, 0.25) is 0 Å². The first-order valence-corrected chi connectivity index (χ1v) is 8.98. The van der Waals surface area contributed by atoms with Crippen LogP contribution in [0.1, 0.15) is 22.8 Å². The van der Waals surface area contributed by atoms with Crippen LogP contribution in [0.25, 0.3) is 0 Å². The molecule has 2 aromatic rings. The van der Waals surface area contributed by atoms with Gasteiger partial charge in [-0.2, -0.15) is 8.78 Å². The van der Waals surface area contributed by atoms with Crippen LogP contribution in [0.3, 0.4) is 0 Å². The van der Waals surface area contributed by atoms with E-state index in [4.69, 9.17) is 0 Å². The number of hydrogen-bond acceptors (Lipinski definition) is 4. The van der Waals surface area contributed by atoms with E-state index in [2.05, 4.69) is 10.6 Å². The number of alkyl halides is 2. The van der Waals surface area contributed by atoms with Gasteiger partial charge in [-0.3, -0.25) is 9.59 Å². The third-order valence-electron chi connectivity index (χ3n) is 3.57. The molecule has 0 saturated carbocycles. The van der Waals surface area contributed by atoms with Crippen molar-refractivity contribution in [3.8, 4) is 0 Å². The molecule has 2 rings (SSSR count). The van der Waals surface area contributed by atoms with Crippen LogP contribution >= 0.6 is 0 Å². The monoisotopic (exact) mass is 382 g/mol. The van der Waals surface area contributed by atoms with Gasteiger partial charge < -0.3 is 10.6 Å². The molecule has 2 aromatic carbocycles. The zero-order valence-electron chi connectivity index (χ0n) is 13.9. The molecule has 0 aliphatic rings. The van der Waals surface area contributed by atoms with Crippen molar-refractivity contribution < 1.29 is 26.8 Å². The Kier molecular flexibility index (Phi) is 5.71. The molecule has 2 amide bonds. The predicted molar refractivity (Wildman–Crippen MR) is 93.1 cm³/mol. The number of hydrogen-bond donors (Lipinski definition) is 2. The van der Waals surface area contributed by atoms with E-state index in [0.29, 0.717) is 16.9 Å². The van der Waals surface area contributed by atoms with Crippen LogP contribution in [0, 0.1) is 6.92 Å². The fourth-order valence-electron chi connectivity index (χ4n) is 2.19. The summed E-state index contributed by atoms with van der Waals surface area (Å²) in [6.07, 6.45) is 0. The Hall–Kier alpha value is -2.81. The normalized spacial score (nSPS) is 11.3. The molecule has 0 aromatic heterocycles. The quantitative estimate of drug-likeness (QED) is 0.831. The summed E-state index contributed by atoms with van der Waals surface area (Å²) in [5, 5.41) is 5.27. The van der Waals surface area contributed by atoms with Crippen molar-refractivity contribution in [3.63, 3.8) is 0 Å². The number of nitrogens with one attached hydrogen (secondary N) is 2. The molecular weight excluding hydrogens is 366 g/mol. The molecule has 0 aliphatic carbocycles. The zero-order valence-corrected chi connectivity index (χ0v) is 14.7. The second kappa shape index (κ2) is 7.61. The number of rotatable bonds is 5. The van der Waals surface area contributed by atoms with E-state index < -0.39 is 26.4 Å². The molecular formula is C17H16F2N2O4S. The van der Waals surface area contributed by atoms with Crippen molar-refractivity contribution in [1.82, 2.24) is 0 Å². The highest BCUT2D eigenvalue weighted by molar-refractivity contribution is 7.91. The Morgan fingerprint density at radius 3 is 2.00 bits per heavy atom. The smallest absolute Gasteiger partial charge is 0.326 e. The highest BCUT2D eigenvalue weighted by Gasteiger charge is 2.26. The number of amides is 2. The maximum atomic E-state index is 12.5. The number of benzene rings is 2. The average Bonchev–Trinajstić information content (AvgIpc) is 2.58. The Bertz CT molecular complexity index is 942. The van der Waals surface area contributed by atoms with Gasteiger partial charge in [0, 0.05) is 23.9 Å². The largest absolute Gasteiger partial charge is 0.341 e. The lowest BCUT2D eigenvalue weighted by Gasteiger charge is -2.13. The van der Waals surface area contributed by atoms with Gasteiger partial charge in [0.05, 0.1) is 4.90 Å². The van der Waals surface area contributed by atoms with Crippen molar-refractivity contribution in [2.24, 2.45) is 0 Å². The van der Waals surface area contributed by atoms with Crippen LogP contribution < -0.4 is 10.6 Å². The molecule has 0 aliphatic heterocycles. The topological polar surface area (TPSA) is 92.3 Å². The van der Waals surface area contributed by atoms with Gasteiger partial charge in [0.25, 0.3) is 5.91 Å². The summed E-state index contributed by atoms with van der Waals surface area (Å²) < 4.78 is 47.8. The third kappa shape index (κ3) is 4.23. The molecule has 0 saturated heterocycles. The lowest BCUT2D eigenvalue weighted by Crippen LogP contribution is -2.15. The van der Waals surface area contributed by atoms with Crippen LogP contribution in [-0.4, -0.2) is 26.0 Å². The lowest BCUT2D eigenvalue weighted by atomic mass is 10.1. The van der Waals surface area contributed by atoms with Gasteiger partial charge in [-0.1, -0.05) is 6.07 Å². The summed E-state index contributed by atoms with van der Waals surface area (Å²) in [6.45, 7) is 3.07. The molecule has 0 radical (unpaired) electrons. The molecule has 0 bridgehead atoms. The minimum absolute atomic E-state index is 0.0996. The summed E-state index contributed by atoms with van der Waals surface area (Å²) in [5.41, 5.74) is 1.72. The molecule has 0 unspecified atom stereocenters. The Balaban J connectivity index is 2.22. The zero-order chi connectivity index (χ0) is 19.5. The van der Waals surface area contributed by atoms with Crippen molar-refractivity contribution in [3.05, 3.63) is 53.6 Å². The minimum atomic E-state index is -4.71. The number of carbonyl (C=O) groups is 2. The highest BCUT2D eigenvalue weighted by Crippen LogP contribution is 2.24. The molecule has 0 atom stereocenters. The molecule has 0 heterocycles. The van der Waals surface area contributed by atoms with Crippen molar-refractivity contribution >= 4 is 33.0 Å². The standard InChI is InChI=1S/C17H16F2N2O4S/c1-10-14(20-11(2)22)4-3-5-15(10)21-16(23)12-6-8-13(9-7-12)26(24,25)17(18)19/h3-9,17H,1-2H3,(H,20,22)(H,21,23). The van der Waals surface area contributed by atoms with E-state index in [9.17, 15) is 26.8 Å². The van der Waals surface area contributed by atoms with Gasteiger partial charge in [-0.25, -0.2) is 8.42 Å². The first-order chi connectivity index (χ1) is 12.1. The van der Waals surface area contributed by atoms with E-state index in [1.165, 1.54) is 6.92 Å². The summed E-state index contributed by atoms with van der Waals surface area (Å²) >= 11 is 0. The van der Waals surface area contributed by atoms with Crippen LogP contribution in [-0.2, 0) is 14.6 Å². The summed E-state index contributed by atoms with van der Waals surface area (Å²) in [7, 11) is -4.71. The van der Waals surface area contributed by atoms with Crippen molar-refractivity contribution in [1.29, 1.82) is 0 Å². The van der Waals surface area contributed by atoms with E-state index >= 15 is 0 Å². The van der Waals surface area contributed by atoms with E-state index in [0.717, 1.165) is 24.3 Å². The Morgan fingerprint density at radius 2 is 1.50 bits per heavy atom. The minimum Gasteiger partial charge on any atom is -0.326 e. The van der Waals surface area contributed by atoms with Gasteiger partial charge in [-0.05, 0) is 48.9 Å². The molecule has 0 spiro atoms. The van der Waals surface area contributed by atoms with Gasteiger partial charge in [0.2, 0.25) is 15.7 Å². The lowest BCUT2D eigenvalue weighted by molar-refractivity contribution is -0.114. The van der Waals surface area contributed by atoms with Crippen molar-refractivity contribution in [2.75, 3.05) is 10.6 Å². The molecule has 26 heavy (non-hydrogen) atoms. The molecule has 0 fully saturated rings. The number of sulfone groups is 1. The summed E-state index contributed by atoms with van der Waals surface area (Å²) in [4.78, 5) is 22.9. The van der Waals surface area contributed by atoms with Crippen LogP contribution in [0.15, 0.2) is 47.4 Å². The molecule has 9 heteroatoms. The fraction of sp³-hybridized carbons (Fsp3) is 0.176. The van der Waals surface area contributed by atoms with Crippen molar-refractivity contribution in [2.45, 2.75) is 24.5 Å². The van der Waals surface area contributed by atoms with Gasteiger partial charge in [0.1, 0.15) is 0 Å².